The van der Waals surface area contributed by atoms with Gasteiger partial charge in [-0.05, 0) is 36.5 Å². The maximum absolute atomic E-state index is 6.35. The van der Waals surface area contributed by atoms with Crippen LogP contribution in [0.4, 0.5) is 0 Å². The molecule has 2 aliphatic heterocycles. The molecule has 30 heavy (non-hydrogen) atoms. The number of benzene rings is 2. The predicted molar refractivity (Wildman–Crippen MR) is 120 cm³/mol. The van der Waals surface area contributed by atoms with E-state index in [1.807, 2.05) is 36.5 Å². The Labute approximate surface area is 174 Å². The molecule has 1 aliphatic carbocycles. The zero-order valence-electron chi connectivity index (χ0n) is 16.5. The molecule has 0 spiro atoms. The lowest BCUT2D eigenvalue weighted by atomic mass is 9.89. The van der Waals surface area contributed by atoms with Crippen molar-refractivity contribution in [2.24, 2.45) is 21.6 Å². The molecule has 1 aromatic heterocycles. The summed E-state index contributed by atoms with van der Waals surface area (Å²) in [5, 5.41) is 1.02. The Morgan fingerprint density at radius 3 is 2.67 bits per heavy atom. The minimum Gasteiger partial charge on any atom is -0.386 e. The first kappa shape index (κ1) is 17.3. The van der Waals surface area contributed by atoms with Crippen molar-refractivity contribution in [3.05, 3.63) is 66.5 Å². The Kier molecular flexibility index (Phi) is 3.91. The van der Waals surface area contributed by atoms with E-state index >= 15 is 0 Å². The highest BCUT2D eigenvalue weighted by molar-refractivity contribution is 6.01. The highest BCUT2D eigenvalue weighted by Gasteiger charge is 2.43. The summed E-state index contributed by atoms with van der Waals surface area (Å²) in [7, 11) is 0. The molecule has 6 heteroatoms. The smallest absolute Gasteiger partial charge is 0.159 e. The fourth-order valence-electron chi connectivity index (χ4n) is 4.56. The zero-order valence-corrected chi connectivity index (χ0v) is 16.5. The van der Waals surface area contributed by atoms with Crippen molar-refractivity contribution in [1.29, 1.82) is 0 Å². The van der Waals surface area contributed by atoms with E-state index in [0.717, 1.165) is 27.9 Å². The molecule has 0 bridgehead atoms. The molecule has 6 nitrogen and oxygen atoms in total. The van der Waals surface area contributed by atoms with Gasteiger partial charge in [0.15, 0.2) is 5.82 Å². The molecule has 0 radical (unpaired) electrons. The lowest BCUT2D eigenvalue weighted by Gasteiger charge is -2.39. The van der Waals surface area contributed by atoms with Crippen LogP contribution in [0.5, 0.6) is 0 Å². The van der Waals surface area contributed by atoms with Crippen LogP contribution >= 0.6 is 0 Å². The van der Waals surface area contributed by atoms with E-state index in [0.29, 0.717) is 11.9 Å². The first-order valence-electron chi connectivity index (χ1n) is 10.4. The number of rotatable bonds is 3. The molecule has 6 rings (SSSR count). The van der Waals surface area contributed by atoms with Crippen molar-refractivity contribution < 1.29 is 0 Å². The minimum absolute atomic E-state index is 0.0107. The number of nitrogens with zero attached hydrogens (tertiary/aromatic N) is 5. The van der Waals surface area contributed by atoms with Crippen LogP contribution in [0, 0.1) is 5.92 Å². The molecule has 2 atom stereocenters. The number of hydrogen-bond acceptors (Lipinski definition) is 6. The van der Waals surface area contributed by atoms with Gasteiger partial charge in [0.25, 0.3) is 0 Å². The van der Waals surface area contributed by atoms with Gasteiger partial charge >= 0.3 is 0 Å². The van der Waals surface area contributed by atoms with E-state index in [1.54, 1.807) is 6.34 Å². The number of fused-ring (bicyclic) bond motifs is 2. The van der Waals surface area contributed by atoms with Gasteiger partial charge in [-0.2, -0.15) is 0 Å². The number of hydrogen-bond donors (Lipinski definition) is 1. The number of nitrogens with two attached hydrogens (primary N) is 1. The van der Waals surface area contributed by atoms with Gasteiger partial charge in [0.05, 0.1) is 11.4 Å². The van der Waals surface area contributed by atoms with Crippen LogP contribution in [0.2, 0.25) is 0 Å². The lowest BCUT2D eigenvalue weighted by molar-refractivity contribution is 0.143. The third-order valence-corrected chi connectivity index (χ3v) is 6.42. The Hall–Kier alpha value is -3.54. The first-order chi connectivity index (χ1) is 14.8. The molecule has 2 aromatic carbocycles. The fraction of sp³-hybridized carbons (Fsp3) is 0.250. The highest BCUT2D eigenvalue weighted by atomic mass is 15.3. The second kappa shape index (κ2) is 6.76. The third kappa shape index (κ3) is 2.71. The summed E-state index contributed by atoms with van der Waals surface area (Å²) in [4.78, 5) is 20.8. The summed E-state index contributed by atoms with van der Waals surface area (Å²) >= 11 is 0. The van der Waals surface area contributed by atoms with Crippen LogP contribution in [-0.2, 0) is 0 Å². The van der Waals surface area contributed by atoms with Crippen molar-refractivity contribution >= 4 is 28.7 Å². The summed E-state index contributed by atoms with van der Waals surface area (Å²) in [6.45, 7) is 0. The maximum Gasteiger partial charge on any atom is 0.159 e. The fourth-order valence-corrected chi connectivity index (χ4v) is 4.56. The van der Waals surface area contributed by atoms with Gasteiger partial charge < -0.3 is 10.6 Å². The SMILES string of the molecule is NC1=NC=NC2C1C(c1ccc3cnc(-c4ccccc4)nc3c1)=CN2C1CCC1. The van der Waals surface area contributed by atoms with E-state index in [2.05, 4.69) is 44.3 Å². The molecule has 3 aliphatic rings. The molecular weight excluding hydrogens is 372 g/mol. The second-order valence-electron chi connectivity index (χ2n) is 8.16. The topological polar surface area (TPSA) is 79.8 Å². The van der Waals surface area contributed by atoms with Crippen molar-refractivity contribution in [1.82, 2.24) is 14.9 Å². The van der Waals surface area contributed by atoms with Gasteiger partial charge in [-0.1, -0.05) is 42.5 Å². The summed E-state index contributed by atoms with van der Waals surface area (Å²) < 4.78 is 0. The van der Waals surface area contributed by atoms with E-state index in [-0.39, 0.29) is 12.1 Å². The lowest BCUT2D eigenvalue weighted by Crippen LogP contribution is -2.46. The maximum atomic E-state index is 6.35. The largest absolute Gasteiger partial charge is 0.386 e. The molecule has 2 unspecified atom stereocenters. The zero-order chi connectivity index (χ0) is 20.1. The Bertz CT molecular complexity index is 1210. The highest BCUT2D eigenvalue weighted by Crippen LogP contribution is 2.42. The van der Waals surface area contributed by atoms with E-state index in [9.17, 15) is 0 Å². The van der Waals surface area contributed by atoms with Crippen molar-refractivity contribution in [2.75, 3.05) is 0 Å². The summed E-state index contributed by atoms with van der Waals surface area (Å²) in [6.07, 6.45) is 9.48. The van der Waals surface area contributed by atoms with Gasteiger partial charge in [0, 0.05) is 29.4 Å². The van der Waals surface area contributed by atoms with Gasteiger partial charge in [-0.15, -0.1) is 0 Å². The summed E-state index contributed by atoms with van der Waals surface area (Å²) in [5.74, 6) is 1.36. The van der Waals surface area contributed by atoms with Gasteiger partial charge in [-0.25, -0.2) is 20.0 Å². The molecule has 3 heterocycles. The molecule has 2 N–H and O–H groups in total. The summed E-state index contributed by atoms with van der Waals surface area (Å²) in [5.41, 5.74) is 10.6. The Morgan fingerprint density at radius 2 is 1.87 bits per heavy atom. The van der Waals surface area contributed by atoms with Gasteiger partial charge in [-0.3, -0.25) is 0 Å². The molecule has 148 valence electrons. The molecule has 0 amide bonds. The summed E-state index contributed by atoms with van der Waals surface area (Å²) in [6, 6.07) is 17.0. The normalized spacial score (nSPS) is 23.1. The quantitative estimate of drug-likeness (QED) is 0.732. The van der Waals surface area contributed by atoms with E-state index in [1.165, 1.54) is 24.8 Å². The van der Waals surface area contributed by atoms with Crippen LogP contribution in [0.25, 0.3) is 27.9 Å². The van der Waals surface area contributed by atoms with Crippen LogP contribution in [-0.4, -0.2) is 39.2 Å². The van der Waals surface area contributed by atoms with Gasteiger partial charge in [0.1, 0.15) is 18.3 Å². The monoisotopic (exact) mass is 394 g/mol. The molecule has 1 fully saturated rings. The Balaban J connectivity index is 1.43. The second-order valence-corrected chi connectivity index (χ2v) is 8.16. The average Bonchev–Trinajstić information content (AvgIpc) is 3.13. The van der Waals surface area contributed by atoms with Gasteiger partial charge in [0.2, 0.25) is 0 Å². The number of aliphatic imine (C=N–C) groups is 2. The average molecular weight is 394 g/mol. The number of amidine groups is 1. The Morgan fingerprint density at radius 1 is 1.00 bits per heavy atom. The van der Waals surface area contributed by atoms with Crippen molar-refractivity contribution in [3.8, 4) is 11.4 Å². The first-order valence-corrected chi connectivity index (χ1v) is 10.4. The van der Waals surface area contributed by atoms with E-state index in [4.69, 9.17) is 10.7 Å². The molecule has 0 saturated heterocycles. The van der Waals surface area contributed by atoms with Crippen molar-refractivity contribution in [2.45, 2.75) is 31.5 Å². The van der Waals surface area contributed by atoms with E-state index < -0.39 is 0 Å². The third-order valence-electron chi connectivity index (χ3n) is 6.42. The number of aromatic nitrogens is 2. The van der Waals surface area contributed by atoms with Crippen LogP contribution < -0.4 is 5.73 Å². The molecular formula is C24H22N6. The minimum atomic E-state index is -0.0107. The molecule has 3 aromatic rings. The molecule has 1 saturated carbocycles. The van der Waals surface area contributed by atoms with Crippen LogP contribution in [0.15, 0.2) is 70.9 Å². The standard InChI is InChI=1S/C24H22N6/c25-22-21-19(13-30(18-7-4-8-18)24(21)28-14-27-22)16-9-10-17-12-26-23(29-20(17)11-16)15-5-2-1-3-6-15/h1-3,5-6,9-14,18,21,24H,4,7-8H2,(H2,25,27,28). The van der Waals surface area contributed by atoms with Crippen LogP contribution in [0.3, 0.4) is 0 Å². The predicted octanol–water partition coefficient (Wildman–Crippen LogP) is 3.85. The van der Waals surface area contributed by atoms with Crippen molar-refractivity contribution in [3.63, 3.8) is 0 Å². The van der Waals surface area contributed by atoms with Crippen LogP contribution in [0.1, 0.15) is 24.8 Å².